The summed E-state index contributed by atoms with van der Waals surface area (Å²) in [5, 5.41) is 13.6. The van der Waals surface area contributed by atoms with E-state index in [1.165, 1.54) is 0 Å². The molecule has 146 valence electrons. The van der Waals surface area contributed by atoms with Crippen molar-refractivity contribution in [3.8, 4) is 5.75 Å². The van der Waals surface area contributed by atoms with E-state index in [-0.39, 0.29) is 18.9 Å². The number of methoxy groups -OCH3 is 1. The molecule has 6 heteroatoms. The van der Waals surface area contributed by atoms with Gasteiger partial charge in [0.25, 0.3) is 0 Å². The van der Waals surface area contributed by atoms with E-state index in [2.05, 4.69) is 5.32 Å². The normalized spacial score (nSPS) is 12.0. The molecule has 1 heterocycles. The summed E-state index contributed by atoms with van der Waals surface area (Å²) in [6.07, 6.45) is -0.925. The number of aryl methyl sites for hydroxylation is 2. The molecule has 0 radical (unpaired) electrons. The minimum Gasteiger partial charge on any atom is -0.496 e. The van der Waals surface area contributed by atoms with Gasteiger partial charge in [-0.1, -0.05) is 30.3 Å². The number of carbonyl (C=O) groups is 1. The Kier molecular flexibility index (Phi) is 5.80. The molecule has 2 N–H and O–H groups in total. The van der Waals surface area contributed by atoms with Crippen LogP contribution in [0.3, 0.4) is 0 Å². The second kappa shape index (κ2) is 8.27. The van der Waals surface area contributed by atoms with Gasteiger partial charge in [-0.15, -0.1) is 0 Å². The molecule has 1 amide bonds. The van der Waals surface area contributed by atoms with Crippen LogP contribution in [-0.2, 0) is 11.2 Å². The van der Waals surface area contributed by atoms with Gasteiger partial charge in [0, 0.05) is 17.5 Å². The Morgan fingerprint density at radius 1 is 1.14 bits per heavy atom. The third kappa shape index (κ3) is 3.92. The molecule has 0 fully saturated rings. The molecule has 1 unspecified atom stereocenters. The van der Waals surface area contributed by atoms with Crippen LogP contribution in [0.1, 0.15) is 28.4 Å². The molecular formula is C22H23NO5. The largest absolute Gasteiger partial charge is 0.496 e. The second-order valence-corrected chi connectivity index (χ2v) is 6.67. The minimum atomic E-state index is -0.811. The number of hydrogen-bond donors (Lipinski definition) is 2. The minimum absolute atomic E-state index is 0.0666. The van der Waals surface area contributed by atoms with Crippen LogP contribution in [0.4, 0.5) is 0 Å². The Labute approximate surface area is 162 Å². The van der Waals surface area contributed by atoms with Gasteiger partial charge in [-0.3, -0.25) is 4.79 Å². The zero-order chi connectivity index (χ0) is 20.3. The molecule has 0 bridgehead atoms. The van der Waals surface area contributed by atoms with E-state index >= 15 is 0 Å². The zero-order valence-corrected chi connectivity index (χ0v) is 16.1. The molecular weight excluding hydrogens is 358 g/mol. The SMILES string of the molecule is COc1ccc2c(C)c(CC(=O)NCC(O)c3ccccc3)c(=O)oc2c1C. The number of carbonyl (C=O) groups excluding carboxylic acids is 1. The fourth-order valence-corrected chi connectivity index (χ4v) is 3.22. The lowest BCUT2D eigenvalue weighted by Crippen LogP contribution is -2.31. The molecule has 0 spiro atoms. The van der Waals surface area contributed by atoms with Crippen molar-refractivity contribution in [3.05, 3.63) is 75.1 Å². The molecule has 0 aliphatic rings. The van der Waals surface area contributed by atoms with Crippen LogP contribution in [0.15, 0.2) is 51.7 Å². The molecule has 28 heavy (non-hydrogen) atoms. The van der Waals surface area contributed by atoms with E-state index < -0.39 is 11.7 Å². The van der Waals surface area contributed by atoms with Crippen molar-refractivity contribution >= 4 is 16.9 Å². The first-order valence-electron chi connectivity index (χ1n) is 9.02. The van der Waals surface area contributed by atoms with Crippen molar-refractivity contribution < 1.29 is 19.1 Å². The van der Waals surface area contributed by atoms with Gasteiger partial charge in [-0.25, -0.2) is 4.79 Å². The number of hydrogen-bond acceptors (Lipinski definition) is 5. The number of aliphatic hydroxyl groups is 1. The van der Waals surface area contributed by atoms with Crippen LogP contribution >= 0.6 is 0 Å². The lowest BCUT2D eigenvalue weighted by molar-refractivity contribution is -0.120. The molecule has 0 saturated carbocycles. The highest BCUT2D eigenvalue weighted by molar-refractivity contribution is 5.87. The molecule has 0 aliphatic carbocycles. The van der Waals surface area contributed by atoms with Crippen molar-refractivity contribution in [1.82, 2.24) is 5.32 Å². The Morgan fingerprint density at radius 3 is 2.54 bits per heavy atom. The van der Waals surface area contributed by atoms with Gasteiger partial charge in [0.2, 0.25) is 5.91 Å². The summed E-state index contributed by atoms with van der Waals surface area (Å²) in [7, 11) is 1.56. The lowest BCUT2D eigenvalue weighted by Gasteiger charge is -2.13. The highest BCUT2D eigenvalue weighted by atomic mass is 16.5. The van der Waals surface area contributed by atoms with Gasteiger partial charge in [0.15, 0.2) is 0 Å². The Morgan fingerprint density at radius 2 is 1.86 bits per heavy atom. The van der Waals surface area contributed by atoms with Crippen molar-refractivity contribution in [2.75, 3.05) is 13.7 Å². The van der Waals surface area contributed by atoms with Crippen LogP contribution < -0.4 is 15.7 Å². The molecule has 2 aromatic carbocycles. The standard InChI is InChI=1S/C22H23NO5/c1-13-16-9-10-19(27-3)14(2)21(16)28-22(26)17(13)11-20(25)23-12-18(24)15-7-5-4-6-8-15/h4-10,18,24H,11-12H2,1-3H3,(H,23,25). The maximum Gasteiger partial charge on any atom is 0.340 e. The van der Waals surface area contributed by atoms with Crippen LogP contribution in [0.25, 0.3) is 11.0 Å². The van der Waals surface area contributed by atoms with E-state index in [0.29, 0.717) is 28.0 Å². The summed E-state index contributed by atoms with van der Waals surface area (Å²) >= 11 is 0. The van der Waals surface area contributed by atoms with E-state index in [0.717, 1.165) is 10.9 Å². The monoisotopic (exact) mass is 381 g/mol. The summed E-state index contributed by atoms with van der Waals surface area (Å²) < 4.78 is 10.7. The fourth-order valence-electron chi connectivity index (χ4n) is 3.22. The summed E-state index contributed by atoms with van der Waals surface area (Å²) in [5.74, 6) is 0.283. The number of ether oxygens (including phenoxy) is 1. The van der Waals surface area contributed by atoms with Crippen LogP contribution in [0, 0.1) is 13.8 Å². The van der Waals surface area contributed by atoms with Crippen molar-refractivity contribution in [2.45, 2.75) is 26.4 Å². The first kappa shape index (κ1) is 19.6. The fraction of sp³-hybridized carbons (Fsp3) is 0.273. The van der Waals surface area contributed by atoms with Crippen molar-refractivity contribution in [3.63, 3.8) is 0 Å². The number of nitrogens with one attached hydrogen (secondary N) is 1. The van der Waals surface area contributed by atoms with Gasteiger partial charge in [-0.2, -0.15) is 0 Å². The van der Waals surface area contributed by atoms with Gasteiger partial charge in [-0.05, 0) is 37.1 Å². The number of benzene rings is 2. The topological polar surface area (TPSA) is 88.8 Å². The second-order valence-electron chi connectivity index (χ2n) is 6.67. The van der Waals surface area contributed by atoms with E-state index in [9.17, 15) is 14.7 Å². The maximum atomic E-state index is 12.5. The smallest absolute Gasteiger partial charge is 0.340 e. The molecule has 0 aliphatic heterocycles. The van der Waals surface area contributed by atoms with Crippen molar-refractivity contribution in [2.24, 2.45) is 0 Å². The third-order valence-electron chi connectivity index (χ3n) is 4.89. The average molecular weight is 381 g/mol. The van der Waals surface area contributed by atoms with Crippen molar-refractivity contribution in [1.29, 1.82) is 0 Å². The predicted molar refractivity (Wildman–Crippen MR) is 107 cm³/mol. The third-order valence-corrected chi connectivity index (χ3v) is 4.89. The van der Waals surface area contributed by atoms with Crippen LogP contribution in [-0.4, -0.2) is 24.7 Å². The van der Waals surface area contributed by atoms with Crippen LogP contribution in [0.2, 0.25) is 0 Å². The molecule has 3 rings (SSSR count). The summed E-state index contributed by atoms with van der Waals surface area (Å²) in [4.78, 5) is 24.8. The van der Waals surface area contributed by atoms with Gasteiger partial charge in [0.05, 0.1) is 25.2 Å². The first-order chi connectivity index (χ1) is 13.4. The van der Waals surface area contributed by atoms with Crippen LogP contribution in [0.5, 0.6) is 5.75 Å². The molecule has 0 saturated heterocycles. The van der Waals surface area contributed by atoms with Gasteiger partial charge >= 0.3 is 5.63 Å². The number of fused-ring (bicyclic) bond motifs is 1. The van der Waals surface area contributed by atoms with Gasteiger partial charge in [0.1, 0.15) is 11.3 Å². The van der Waals surface area contributed by atoms with E-state index in [1.807, 2.05) is 37.3 Å². The number of rotatable bonds is 6. The quantitative estimate of drug-likeness (QED) is 0.641. The molecule has 1 atom stereocenters. The molecule has 3 aromatic rings. The lowest BCUT2D eigenvalue weighted by atomic mass is 10.0. The number of amides is 1. The first-order valence-corrected chi connectivity index (χ1v) is 9.02. The highest BCUT2D eigenvalue weighted by Crippen LogP contribution is 2.29. The molecule has 6 nitrogen and oxygen atoms in total. The Balaban J connectivity index is 1.78. The molecule has 1 aromatic heterocycles. The van der Waals surface area contributed by atoms with Gasteiger partial charge < -0.3 is 19.6 Å². The number of aliphatic hydroxyl groups excluding tert-OH is 1. The zero-order valence-electron chi connectivity index (χ0n) is 16.1. The summed E-state index contributed by atoms with van der Waals surface area (Å²) in [5.41, 5.74) is 2.39. The predicted octanol–water partition coefficient (Wildman–Crippen LogP) is 2.81. The highest BCUT2D eigenvalue weighted by Gasteiger charge is 2.18. The summed E-state index contributed by atoms with van der Waals surface area (Å²) in [6.45, 7) is 3.69. The summed E-state index contributed by atoms with van der Waals surface area (Å²) in [6, 6.07) is 12.7. The average Bonchev–Trinajstić information content (AvgIpc) is 2.71. The van der Waals surface area contributed by atoms with E-state index in [1.54, 1.807) is 26.2 Å². The maximum absolute atomic E-state index is 12.5. The van der Waals surface area contributed by atoms with E-state index in [4.69, 9.17) is 9.15 Å². The Hall–Kier alpha value is -3.12. The Bertz CT molecular complexity index is 1060.